The molecule has 3 aromatic carbocycles. The molecule has 6 nitrogen and oxygen atoms in total. The number of carbonyl (C=O) groups is 2. The van der Waals surface area contributed by atoms with Gasteiger partial charge < -0.3 is 0 Å². The Morgan fingerprint density at radius 1 is 0.875 bits per heavy atom. The van der Waals surface area contributed by atoms with Crippen molar-refractivity contribution in [1.82, 2.24) is 10.4 Å². The van der Waals surface area contributed by atoms with E-state index >= 15 is 0 Å². The molecule has 4 rings (SSSR count). The van der Waals surface area contributed by atoms with E-state index in [0.29, 0.717) is 12.0 Å². The zero-order valence-electron chi connectivity index (χ0n) is 17.2. The summed E-state index contributed by atoms with van der Waals surface area (Å²) >= 11 is 0. The third-order valence-corrected chi connectivity index (χ3v) is 5.77. The first-order chi connectivity index (χ1) is 15.4. The van der Waals surface area contributed by atoms with Crippen molar-refractivity contribution in [3.8, 4) is 0 Å². The minimum absolute atomic E-state index is 0.0940. The van der Waals surface area contributed by atoms with Crippen LogP contribution in [0.3, 0.4) is 0 Å². The van der Waals surface area contributed by atoms with Crippen molar-refractivity contribution >= 4 is 11.9 Å². The monoisotopic (exact) mass is 437 g/mol. The maximum absolute atomic E-state index is 14.6. The van der Waals surface area contributed by atoms with Crippen LogP contribution < -0.4 is 11.2 Å². The molecule has 1 saturated heterocycles. The first-order valence-corrected chi connectivity index (χ1v) is 10.2. The fourth-order valence-electron chi connectivity index (χ4n) is 4.02. The molecule has 0 radical (unpaired) electrons. The van der Waals surface area contributed by atoms with Crippen LogP contribution >= 0.6 is 0 Å². The van der Waals surface area contributed by atoms with Crippen molar-refractivity contribution in [1.29, 1.82) is 0 Å². The largest absolute Gasteiger partial charge is 0.444 e. The van der Waals surface area contributed by atoms with Gasteiger partial charge >= 0.3 is 6.03 Å². The Morgan fingerprint density at radius 3 is 2.09 bits per heavy atom. The number of nitrogens with zero attached hydrogens (tertiary/aromatic N) is 2. The summed E-state index contributed by atoms with van der Waals surface area (Å²) in [7, 11) is 0. The molecular weight excluding hydrogens is 414 g/mol. The van der Waals surface area contributed by atoms with E-state index in [1.165, 1.54) is 6.07 Å². The molecule has 3 aromatic rings. The third-order valence-electron chi connectivity index (χ3n) is 5.77. The van der Waals surface area contributed by atoms with Gasteiger partial charge in [-0.05, 0) is 23.3 Å². The first kappa shape index (κ1) is 21.8. The second-order valence-electron chi connectivity index (χ2n) is 7.73. The van der Waals surface area contributed by atoms with Crippen molar-refractivity contribution in [2.75, 3.05) is 6.54 Å². The number of benzene rings is 3. The smallest absolute Gasteiger partial charge is 0.272 e. The highest BCUT2D eigenvalue weighted by molar-refractivity contribution is 5.96. The molecule has 3 amide bonds. The van der Waals surface area contributed by atoms with Gasteiger partial charge in [-0.1, -0.05) is 71.8 Å². The molecule has 3 N–H and O–H groups in total. The van der Waals surface area contributed by atoms with Gasteiger partial charge in [0.2, 0.25) is 0 Å². The zero-order valence-corrected chi connectivity index (χ0v) is 17.2. The number of hydrogen-bond donors (Lipinski definition) is 2. The summed E-state index contributed by atoms with van der Waals surface area (Å²) in [5.74, 6) is 4.31. The molecule has 2 atom stereocenters. The van der Waals surface area contributed by atoms with Crippen molar-refractivity contribution in [3.63, 3.8) is 0 Å². The maximum atomic E-state index is 14.6. The van der Waals surface area contributed by atoms with Gasteiger partial charge in [-0.3, -0.25) is 4.79 Å². The molecule has 164 valence electrons. The number of hydrogen-bond acceptors (Lipinski definition) is 4. The lowest BCUT2D eigenvalue weighted by atomic mass is 10.0. The Labute approximate surface area is 184 Å². The van der Waals surface area contributed by atoms with Gasteiger partial charge in [-0.15, -0.1) is 4.59 Å². The van der Waals surface area contributed by atoms with Crippen LogP contribution in [0, 0.1) is 11.6 Å². The summed E-state index contributed by atoms with van der Waals surface area (Å²) < 4.78 is 28.5. The molecule has 0 aromatic heterocycles. The lowest BCUT2D eigenvalue weighted by molar-refractivity contribution is -0.986. The summed E-state index contributed by atoms with van der Waals surface area (Å²) in [5, 5.41) is 3.49. The summed E-state index contributed by atoms with van der Waals surface area (Å²) in [6.45, 7) is -0.291. The van der Waals surface area contributed by atoms with Gasteiger partial charge in [0.25, 0.3) is 5.91 Å². The SMILES string of the molecule is NN1C(c2ccccc2)C(=O)NC(=O)[N@@+]1(CCc1ccccc1)Cc1c(F)cccc1F. The number of amides is 3. The average Bonchev–Trinajstić information content (AvgIpc) is 2.79. The van der Waals surface area contributed by atoms with Crippen molar-refractivity contribution in [2.24, 2.45) is 5.84 Å². The minimum Gasteiger partial charge on any atom is -0.272 e. The van der Waals surface area contributed by atoms with E-state index in [-0.39, 0.29) is 18.7 Å². The molecule has 0 aliphatic carbocycles. The van der Waals surface area contributed by atoms with E-state index in [2.05, 4.69) is 5.32 Å². The van der Waals surface area contributed by atoms with Crippen LogP contribution in [0.4, 0.5) is 13.6 Å². The second kappa shape index (κ2) is 8.96. The predicted octanol–water partition coefficient (Wildman–Crippen LogP) is 3.61. The number of hydrazine groups is 1. The molecule has 1 fully saturated rings. The maximum Gasteiger partial charge on any atom is 0.444 e. The first-order valence-electron chi connectivity index (χ1n) is 10.2. The van der Waals surface area contributed by atoms with Crippen LogP contribution in [-0.2, 0) is 17.8 Å². The standard InChI is InChI=1S/C24H22F2N4O2/c25-20-12-7-13-21(26)19(20)16-30(15-14-17-8-3-1-4-9-17)24(32)28-23(31)22(29(30)27)18-10-5-2-6-11-18/h1-13,22H,14-16,27H2/p+1/t22?,30-/m1/s1. The number of imide groups is 1. The number of carbonyl (C=O) groups excluding carboxylic acids is 2. The van der Waals surface area contributed by atoms with E-state index in [4.69, 9.17) is 5.84 Å². The number of nitrogens with one attached hydrogen (secondary N) is 1. The fraction of sp³-hybridized carbons (Fsp3) is 0.167. The fourth-order valence-corrected chi connectivity index (χ4v) is 4.02. The number of nitrogens with two attached hydrogens (primary N) is 1. The van der Waals surface area contributed by atoms with E-state index in [0.717, 1.165) is 22.8 Å². The van der Waals surface area contributed by atoms with Crippen LogP contribution in [0.5, 0.6) is 0 Å². The molecule has 1 aliphatic rings. The van der Waals surface area contributed by atoms with E-state index in [1.54, 1.807) is 30.3 Å². The third kappa shape index (κ3) is 4.03. The summed E-state index contributed by atoms with van der Waals surface area (Å²) in [4.78, 5) is 26.0. The topological polar surface area (TPSA) is 75.4 Å². The van der Waals surface area contributed by atoms with Gasteiger partial charge in [0.15, 0.2) is 6.04 Å². The lowest BCUT2D eigenvalue weighted by Crippen LogP contribution is -2.75. The molecule has 0 bridgehead atoms. The quantitative estimate of drug-likeness (QED) is 0.456. The van der Waals surface area contributed by atoms with Crippen LogP contribution in [0.2, 0.25) is 0 Å². The highest BCUT2D eigenvalue weighted by Crippen LogP contribution is 2.32. The summed E-state index contributed by atoms with van der Waals surface area (Å²) in [6.07, 6.45) is 0.397. The van der Waals surface area contributed by atoms with Crippen LogP contribution in [0.25, 0.3) is 0 Å². The molecule has 0 spiro atoms. The molecule has 32 heavy (non-hydrogen) atoms. The van der Waals surface area contributed by atoms with Gasteiger partial charge in [-0.25, -0.2) is 24.7 Å². The Morgan fingerprint density at radius 2 is 1.47 bits per heavy atom. The lowest BCUT2D eigenvalue weighted by Gasteiger charge is -2.46. The molecule has 1 heterocycles. The summed E-state index contributed by atoms with van der Waals surface area (Å²) in [5.41, 5.74) is 1.22. The van der Waals surface area contributed by atoms with Crippen LogP contribution in [-0.4, -0.2) is 28.2 Å². The Bertz CT molecular complexity index is 1110. The Hall–Kier alpha value is -3.46. The second-order valence-corrected chi connectivity index (χ2v) is 7.73. The van der Waals surface area contributed by atoms with Crippen LogP contribution in [0.1, 0.15) is 22.7 Å². The van der Waals surface area contributed by atoms with E-state index in [9.17, 15) is 18.4 Å². The van der Waals surface area contributed by atoms with Gasteiger partial charge in [0, 0.05) is 6.42 Å². The van der Waals surface area contributed by atoms with Crippen molar-refractivity contribution < 1.29 is 23.0 Å². The Balaban J connectivity index is 1.79. The molecule has 1 unspecified atom stereocenters. The van der Waals surface area contributed by atoms with Gasteiger partial charge in [-0.2, -0.15) is 0 Å². The number of urea groups is 1. The Kier molecular flexibility index (Phi) is 6.09. The minimum atomic E-state index is -1.01. The normalized spacial score (nSPS) is 21.4. The van der Waals surface area contributed by atoms with E-state index < -0.39 is 34.2 Å². The van der Waals surface area contributed by atoms with Gasteiger partial charge in [0.05, 0.1) is 5.56 Å². The number of quaternary nitrogens is 1. The van der Waals surface area contributed by atoms with Crippen molar-refractivity contribution in [2.45, 2.75) is 19.0 Å². The van der Waals surface area contributed by atoms with E-state index in [1.807, 2.05) is 30.3 Å². The highest BCUT2D eigenvalue weighted by Gasteiger charge is 2.54. The zero-order chi connectivity index (χ0) is 22.7. The molecule has 8 heteroatoms. The predicted molar refractivity (Wildman–Crippen MR) is 114 cm³/mol. The van der Waals surface area contributed by atoms with Crippen LogP contribution in [0.15, 0.2) is 78.9 Å². The van der Waals surface area contributed by atoms with Gasteiger partial charge in [0.1, 0.15) is 24.7 Å². The number of rotatable bonds is 6. The van der Waals surface area contributed by atoms with Crippen molar-refractivity contribution in [3.05, 3.63) is 107 Å². The average molecular weight is 437 g/mol. The molecule has 0 saturated carbocycles. The highest BCUT2D eigenvalue weighted by atomic mass is 19.1. The molecule has 1 aliphatic heterocycles. The number of halogens is 2. The molecular formula is C24H23F2N4O2+. The summed E-state index contributed by atoms with van der Waals surface area (Å²) in [6, 6.07) is 19.9.